The smallest absolute Gasteiger partial charge is 0.337 e. The lowest BCUT2D eigenvalue weighted by Crippen LogP contribution is -2.14. The molecule has 0 aliphatic rings. The molecule has 0 saturated carbocycles. The van der Waals surface area contributed by atoms with E-state index in [4.69, 9.17) is 4.74 Å². The third-order valence-corrected chi connectivity index (χ3v) is 2.90. The fourth-order valence-electron chi connectivity index (χ4n) is 2.04. The lowest BCUT2D eigenvalue weighted by atomic mass is 10.0. The Kier molecular flexibility index (Phi) is 4.70. The number of hydrogen-bond donors (Lipinski definition) is 2. The van der Waals surface area contributed by atoms with Gasteiger partial charge in [-0.15, -0.1) is 0 Å². The molecule has 0 atom stereocenters. The monoisotopic (exact) mass is 314 g/mol. The number of ether oxygens (including phenoxy) is 1. The van der Waals surface area contributed by atoms with E-state index in [1.165, 1.54) is 26.0 Å². The number of esters is 1. The molecule has 0 spiro atoms. The number of pyridine rings is 1. The zero-order chi connectivity index (χ0) is 17.0. The summed E-state index contributed by atoms with van der Waals surface area (Å²) in [5.74, 6) is -2.38. The van der Waals surface area contributed by atoms with Crippen LogP contribution in [-0.4, -0.2) is 27.9 Å². The minimum absolute atomic E-state index is 0.0283. The van der Waals surface area contributed by atoms with E-state index in [-0.39, 0.29) is 17.0 Å². The normalized spacial score (nSPS) is 10.0. The molecule has 2 N–H and O–H groups in total. The van der Waals surface area contributed by atoms with Crippen molar-refractivity contribution in [3.05, 3.63) is 42.2 Å². The summed E-state index contributed by atoms with van der Waals surface area (Å²) in [5, 5.41) is 11.8. The first-order valence-electron chi connectivity index (χ1n) is 6.66. The molecule has 2 aromatic rings. The summed E-state index contributed by atoms with van der Waals surface area (Å²) in [6.45, 7) is 2.43. The van der Waals surface area contributed by atoms with Gasteiger partial charge in [0.15, 0.2) is 5.75 Å². The third-order valence-electron chi connectivity index (χ3n) is 2.90. The van der Waals surface area contributed by atoms with Crippen LogP contribution < -0.4 is 10.1 Å². The van der Waals surface area contributed by atoms with E-state index < -0.39 is 17.8 Å². The highest BCUT2D eigenvalue weighted by Gasteiger charge is 2.20. The molecule has 23 heavy (non-hydrogen) atoms. The van der Waals surface area contributed by atoms with Crippen LogP contribution in [0.3, 0.4) is 0 Å². The molecule has 2 rings (SSSR count). The average molecular weight is 314 g/mol. The molecule has 0 aliphatic carbocycles. The minimum atomic E-state index is -1.25. The molecule has 0 saturated heterocycles. The van der Waals surface area contributed by atoms with Crippen molar-refractivity contribution in [2.45, 2.75) is 13.8 Å². The highest BCUT2D eigenvalue weighted by molar-refractivity contribution is 6.03. The van der Waals surface area contributed by atoms with Crippen molar-refractivity contribution in [1.82, 2.24) is 4.98 Å². The van der Waals surface area contributed by atoms with Crippen LogP contribution in [0.2, 0.25) is 0 Å². The molecule has 7 nitrogen and oxygen atoms in total. The number of benzene rings is 1. The molecule has 1 amide bonds. The van der Waals surface area contributed by atoms with Gasteiger partial charge in [0.25, 0.3) is 0 Å². The third kappa shape index (κ3) is 3.91. The highest BCUT2D eigenvalue weighted by Crippen LogP contribution is 2.35. The van der Waals surface area contributed by atoms with Gasteiger partial charge in [-0.2, -0.15) is 0 Å². The van der Waals surface area contributed by atoms with Gasteiger partial charge in [0, 0.05) is 26.2 Å². The summed E-state index contributed by atoms with van der Waals surface area (Å²) in [6.07, 6.45) is 3.12. The summed E-state index contributed by atoms with van der Waals surface area (Å²) in [5.41, 5.74) is 0.990. The van der Waals surface area contributed by atoms with Gasteiger partial charge in [-0.3, -0.25) is 14.6 Å². The lowest BCUT2D eigenvalue weighted by Gasteiger charge is -2.14. The molecule has 0 bridgehead atoms. The van der Waals surface area contributed by atoms with Gasteiger partial charge in [-0.05, 0) is 35.4 Å². The average Bonchev–Trinajstić information content (AvgIpc) is 2.48. The van der Waals surface area contributed by atoms with E-state index in [1.54, 1.807) is 24.5 Å². The second-order valence-corrected chi connectivity index (χ2v) is 4.71. The number of hydrogen-bond acceptors (Lipinski definition) is 5. The van der Waals surface area contributed by atoms with Crippen LogP contribution in [0, 0.1) is 0 Å². The van der Waals surface area contributed by atoms with Crippen molar-refractivity contribution < 1.29 is 24.2 Å². The quantitative estimate of drug-likeness (QED) is 0.663. The zero-order valence-corrected chi connectivity index (χ0v) is 12.5. The zero-order valence-electron chi connectivity index (χ0n) is 12.5. The summed E-state index contributed by atoms with van der Waals surface area (Å²) in [6, 6.07) is 6.28. The molecule has 1 heterocycles. The lowest BCUT2D eigenvalue weighted by molar-refractivity contribution is -0.131. The van der Waals surface area contributed by atoms with Crippen molar-refractivity contribution >= 4 is 23.5 Å². The summed E-state index contributed by atoms with van der Waals surface area (Å²) < 4.78 is 5.07. The number of carbonyl (C=O) groups excluding carboxylic acids is 2. The summed E-state index contributed by atoms with van der Waals surface area (Å²) in [7, 11) is 0. The standard InChI is InChI=1S/C16H14N2O5/c1-9(19)18-15-13(16(21)22)7-12(8-14(15)23-10(2)20)11-3-5-17-6-4-11/h3-8H,1-2H3,(H,18,19)(H,21,22). The first-order valence-corrected chi connectivity index (χ1v) is 6.66. The minimum Gasteiger partial charge on any atom is -0.478 e. The molecule has 1 aromatic heterocycles. The van der Waals surface area contributed by atoms with Crippen LogP contribution in [-0.2, 0) is 9.59 Å². The Morgan fingerprint density at radius 3 is 2.26 bits per heavy atom. The Morgan fingerprint density at radius 2 is 1.74 bits per heavy atom. The Labute approximate surface area is 131 Å². The van der Waals surface area contributed by atoms with Crippen LogP contribution in [0.4, 0.5) is 5.69 Å². The number of amides is 1. The van der Waals surface area contributed by atoms with Gasteiger partial charge in [0.2, 0.25) is 5.91 Å². The predicted octanol–water partition coefficient (Wildman–Crippen LogP) is 2.33. The van der Waals surface area contributed by atoms with Crippen LogP contribution in [0.5, 0.6) is 5.75 Å². The van der Waals surface area contributed by atoms with E-state index in [0.29, 0.717) is 11.1 Å². The number of carboxylic acid groups (broad SMARTS) is 1. The number of carbonyl (C=O) groups is 3. The maximum absolute atomic E-state index is 11.5. The maximum atomic E-state index is 11.5. The van der Waals surface area contributed by atoms with Gasteiger partial charge in [0.05, 0.1) is 11.3 Å². The fourth-order valence-corrected chi connectivity index (χ4v) is 2.04. The van der Waals surface area contributed by atoms with Gasteiger partial charge >= 0.3 is 11.9 Å². The molecular weight excluding hydrogens is 300 g/mol. The Balaban J connectivity index is 2.68. The van der Waals surface area contributed by atoms with Crippen LogP contribution in [0.25, 0.3) is 11.1 Å². The van der Waals surface area contributed by atoms with Crippen molar-refractivity contribution in [2.75, 3.05) is 5.32 Å². The molecule has 7 heteroatoms. The van der Waals surface area contributed by atoms with Crippen LogP contribution in [0.15, 0.2) is 36.7 Å². The van der Waals surface area contributed by atoms with E-state index >= 15 is 0 Å². The predicted molar refractivity (Wildman–Crippen MR) is 82.2 cm³/mol. The number of rotatable bonds is 4. The maximum Gasteiger partial charge on any atom is 0.337 e. The van der Waals surface area contributed by atoms with Gasteiger partial charge in [-0.25, -0.2) is 4.79 Å². The number of aromatic carboxylic acids is 1. The topological polar surface area (TPSA) is 106 Å². The number of nitrogens with zero attached hydrogens (tertiary/aromatic N) is 1. The van der Waals surface area contributed by atoms with Gasteiger partial charge in [0.1, 0.15) is 0 Å². The number of nitrogens with one attached hydrogen (secondary N) is 1. The molecule has 1 aromatic carbocycles. The second-order valence-electron chi connectivity index (χ2n) is 4.71. The number of carboxylic acids is 1. The Morgan fingerprint density at radius 1 is 1.09 bits per heavy atom. The first-order chi connectivity index (χ1) is 10.9. The van der Waals surface area contributed by atoms with E-state index in [1.807, 2.05) is 0 Å². The van der Waals surface area contributed by atoms with E-state index in [9.17, 15) is 19.5 Å². The number of anilines is 1. The molecule has 0 unspecified atom stereocenters. The van der Waals surface area contributed by atoms with Gasteiger partial charge in [-0.1, -0.05) is 0 Å². The van der Waals surface area contributed by atoms with Crippen LogP contribution in [0.1, 0.15) is 24.2 Å². The van der Waals surface area contributed by atoms with Crippen molar-refractivity contribution in [1.29, 1.82) is 0 Å². The molecular formula is C16H14N2O5. The molecule has 118 valence electrons. The highest BCUT2D eigenvalue weighted by atomic mass is 16.5. The van der Waals surface area contributed by atoms with Gasteiger partial charge < -0.3 is 15.2 Å². The molecule has 0 fully saturated rings. The largest absolute Gasteiger partial charge is 0.478 e. The Bertz CT molecular complexity index is 772. The van der Waals surface area contributed by atoms with Crippen molar-refractivity contribution in [3.63, 3.8) is 0 Å². The SMILES string of the molecule is CC(=O)Nc1c(OC(C)=O)cc(-c2ccncc2)cc1C(=O)O. The Hall–Kier alpha value is -3.22. The van der Waals surface area contributed by atoms with Crippen molar-refractivity contribution in [3.8, 4) is 16.9 Å². The van der Waals surface area contributed by atoms with Crippen LogP contribution >= 0.6 is 0 Å². The second kappa shape index (κ2) is 6.69. The van der Waals surface area contributed by atoms with E-state index in [2.05, 4.69) is 10.3 Å². The fraction of sp³-hybridized carbons (Fsp3) is 0.125. The first kappa shape index (κ1) is 16.2. The van der Waals surface area contributed by atoms with E-state index in [0.717, 1.165) is 0 Å². The van der Waals surface area contributed by atoms with Crippen molar-refractivity contribution in [2.24, 2.45) is 0 Å². The number of aromatic nitrogens is 1. The summed E-state index contributed by atoms with van der Waals surface area (Å²) >= 11 is 0. The molecule has 0 radical (unpaired) electrons. The molecule has 0 aliphatic heterocycles. The summed E-state index contributed by atoms with van der Waals surface area (Å²) in [4.78, 5) is 38.0.